The zero-order chi connectivity index (χ0) is 21.5. The third-order valence-corrected chi connectivity index (χ3v) is 5.50. The maximum atomic E-state index is 12.4. The molecular formula is C24H31N3O3. The zero-order valence-electron chi connectivity index (χ0n) is 17.8. The number of hydrogen-bond donors (Lipinski definition) is 2. The Morgan fingerprint density at radius 1 is 1.17 bits per heavy atom. The molecule has 1 aliphatic heterocycles. The van der Waals surface area contributed by atoms with Crippen LogP contribution in [0, 0.1) is 0 Å². The third kappa shape index (κ3) is 5.83. The first-order chi connectivity index (χ1) is 14.4. The van der Waals surface area contributed by atoms with Crippen LogP contribution in [0.5, 0.6) is 5.75 Å². The van der Waals surface area contributed by atoms with Gasteiger partial charge in [0.1, 0.15) is 5.75 Å². The minimum atomic E-state index is -0.285. The van der Waals surface area contributed by atoms with Crippen LogP contribution in [-0.2, 0) is 16.1 Å². The van der Waals surface area contributed by atoms with Gasteiger partial charge in [-0.2, -0.15) is 0 Å². The molecule has 2 aromatic rings. The van der Waals surface area contributed by atoms with Gasteiger partial charge in [0.2, 0.25) is 11.8 Å². The van der Waals surface area contributed by atoms with E-state index in [-0.39, 0.29) is 24.3 Å². The molecule has 0 aliphatic carbocycles. The first-order valence-electron chi connectivity index (χ1n) is 10.6. The molecule has 0 radical (unpaired) electrons. The van der Waals surface area contributed by atoms with Crippen LogP contribution in [0.2, 0.25) is 0 Å². The first-order valence-corrected chi connectivity index (χ1v) is 10.6. The Kier molecular flexibility index (Phi) is 7.46. The van der Waals surface area contributed by atoms with Gasteiger partial charge in [-0.15, -0.1) is 0 Å². The van der Waals surface area contributed by atoms with Crippen molar-refractivity contribution >= 4 is 17.5 Å². The predicted molar refractivity (Wildman–Crippen MR) is 118 cm³/mol. The van der Waals surface area contributed by atoms with Crippen LogP contribution in [0.15, 0.2) is 48.5 Å². The predicted octanol–water partition coefficient (Wildman–Crippen LogP) is 3.67. The van der Waals surface area contributed by atoms with Crippen LogP contribution in [0.3, 0.4) is 0 Å². The summed E-state index contributed by atoms with van der Waals surface area (Å²) >= 11 is 0. The Bertz CT molecular complexity index is 864. The Balaban J connectivity index is 1.52. The Labute approximate surface area is 178 Å². The fourth-order valence-corrected chi connectivity index (χ4v) is 3.76. The van der Waals surface area contributed by atoms with Crippen LogP contribution in [0.25, 0.3) is 0 Å². The van der Waals surface area contributed by atoms with Gasteiger partial charge in [-0.25, -0.2) is 0 Å². The average Bonchev–Trinajstić information content (AvgIpc) is 3.18. The van der Waals surface area contributed by atoms with Crippen LogP contribution in [0.1, 0.15) is 50.2 Å². The van der Waals surface area contributed by atoms with Crippen molar-refractivity contribution in [2.24, 2.45) is 5.73 Å². The summed E-state index contributed by atoms with van der Waals surface area (Å²) in [5.41, 5.74) is 8.52. The summed E-state index contributed by atoms with van der Waals surface area (Å²) in [5.74, 6) is 0.851. The Morgan fingerprint density at radius 2 is 1.90 bits per heavy atom. The standard InChI is InChI=1S/C24H31N3O3/c1-17(2)18-9-11-20(12-10-18)30-15-13-23(28)26-21-7-4-3-6-19(21)16-27-14-5-8-22(27)24(25)29/h3-4,6-7,9-12,17,22H,5,8,13-16H2,1-2H3,(H2,25,29)(H,26,28). The van der Waals surface area contributed by atoms with Crippen LogP contribution >= 0.6 is 0 Å². The Morgan fingerprint density at radius 3 is 2.60 bits per heavy atom. The van der Waals surface area contributed by atoms with Crippen molar-refractivity contribution in [2.45, 2.75) is 51.6 Å². The lowest BCUT2D eigenvalue weighted by atomic mass is 10.0. The van der Waals surface area contributed by atoms with E-state index in [0.717, 1.165) is 36.4 Å². The van der Waals surface area contributed by atoms with Crippen LogP contribution in [-0.4, -0.2) is 35.9 Å². The van der Waals surface area contributed by atoms with Gasteiger partial charge < -0.3 is 15.8 Å². The normalized spacial score (nSPS) is 16.6. The van der Waals surface area contributed by atoms with Crippen molar-refractivity contribution in [3.8, 4) is 5.75 Å². The van der Waals surface area contributed by atoms with E-state index in [1.54, 1.807) is 0 Å². The second kappa shape index (κ2) is 10.3. The molecule has 3 N–H and O–H groups in total. The monoisotopic (exact) mass is 409 g/mol. The lowest BCUT2D eigenvalue weighted by molar-refractivity contribution is -0.122. The van der Waals surface area contributed by atoms with E-state index < -0.39 is 0 Å². The van der Waals surface area contributed by atoms with E-state index in [0.29, 0.717) is 19.1 Å². The summed E-state index contributed by atoms with van der Waals surface area (Å²) in [6.07, 6.45) is 2.00. The van der Waals surface area contributed by atoms with Gasteiger partial charge in [0.15, 0.2) is 0 Å². The minimum Gasteiger partial charge on any atom is -0.493 e. The molecule has 0 spiro atoms. The van der Waals surface area contributed by atoms with Crippen molar-refractivity contribution < 1.29 is 14.3 Å². The smallest absolute Gasteiger partial charge is 0.234 e. The summed E-state index contributed by atoms with van der Waals surface area (Å²) in [6, 6.07) is 15.4. The first kappa shape index (κ1) is 21.8. The van der Waals surface area contributed by atoms with E-state index in [9.17, 15) is 9.59 Å². The summed E-state index contributed by atoms with van der Waals surface area (Å²) < 4.78 is 5.71. The van der Waals surface area contributed by atoms with Gasteiger partial charge >= 0.3 is 0 Å². The molecule has 30 heavy (non-hydrogen) atoms. The van der Waals surface area contributed by atoms with Gasteiger partial charge in [-0.3, -0.25) is 14.5 Å². The highest BCUT2D eigenvalue weighted by Gasteiger charge is 2.29. The Hall–Kier alpha value is -2.86. The molecule has 0 aromatic heterocycles. The van der Waals surface area contributed by atoms with Crippen molar-refractivity contribution in [2.75, 3.05) is 18.5 Å². The minimum absolute atomic E-state index is 0.103. The molecule has 0 bridgehead atoms. The maximum Gasteiger partial charge on any atom is 0.234 e. The highest BCUT2D eigenvalue weighted by atomic mass is 16.5. The highest BCUT2D eigenvalue weighted by Crippen LogP contribution is 2.24. The number of benzene rings is 2. The van der Waals surface area contributed by atoms with E-state index in [4.69, 9.17) is 10.5 Å². The maximum absolute atomic E-state index is 12.4. The summed E-state index contributed by atoms with van der Waals surface area (Å²) in [4.78, 5) is 26.2. The highest BCUT2D eigenvalue weighted by molar-refractivity contribution is 5.91. The topological polar surface area (TPSA) is 84.7 Å². The lowest BCUT2D eigenvalue weighted by Gasteiger charge is -2.23. The van der Waals surface area contributed by atoms with E-state index in [1.807, 2.05) is 48.5 Å². The number of primary amides is 1. The molecule has 1 atom stereocenters. The van der Waals surface area contributed by atoms with Gasteiger partial charge in [0.25, 0.3) is 0 Å². The molecular weight excluding hydrogens is 378 g/mol. The van der Waals surface area contributed by atoms with Gasteiger partial charge in [-0.1, -0.05) is 44.2 Å². The average molecular weight is 410 g/mol. The molecule has 2 amide bonds. The second-order valence-electron chi connectivity index (χ2n) is 8.06. The SMILES string of the molecule is CC(C)c1ccc(OCCC(=O)Nc2ccccc2CN2CCCC2C(N)=O)cc1. The second-order valence-corrected chi connectivity index (χ2v) is 8.06. The van der Waals surface area contributed by atoms with Crippen molar-refractivity contribution in [3.63, 3.8) is 0 Å². The van der Waals surface area contributed by atoms with Crippen LogP contribution < -0.4 is 15.8 Å². The van der Waals surface area contributed by atoms with Gasteiger partial charge in [0, 0.05) is 12.2 Å². The number of nitrogens with one attached hydrogen (secondary N) is 1. The number of rotatable bonds is 9. The summed E-state index contributed by atoms with van der Waals surface area (Å²) in [6.45, 7) is 6.03. The molecule has 6 nitrogen and oxygen atoms in total. The number of hydrogen-bond acceptors (Lipinski definition) is 4. The molecule has 6 heteroatoms. The molecule has 1 aliphatic rings. The number of nitrogens with zero attached hydrogens (tertiary/aromatic N) is 1. The number of likely N-dealkylation sites (tertiary alicyclic amines) is 1. The van der Waals surface area contributed by atoms with E-state index in [1.165, 1.54) is 5.56 Å². The molecule has 1 unspecified atom stereocenters. The largest absolute Gasteiger partial charge is 0.493 e. The van der Waals surface area contributed by atoms with Crippen LogP contribution in [0.4, 0.5) is 5.69 Å². The fourth-order valence-electron chi connectivity index (χ4n) is 3.76. The summed E-state index contributed by atoms with van der Waals surface area (Å²) in [5, 5.41) is 2.98. The number of amides is 2. The zero-order valence-corrected chi connectivity index (χ0v) is 17.8. The molecule has 3 rings (SSSR count). The number of carbonyl (C=O) groups is 2. The van der Waals surface area contributed by atoms with E-state index >= 15 is 0 Å². The van der Waals surface area contributed by atoms with Crippen molar-refractivity contribution in [1.82, 2.24) is 4.90 Å². The number of carbonyl (C=O) groups excluding carboxylic acids is 2. The quantitative estimate of drug-likeness (QED) is 0.662. The van der Waals surface area contributed by atoms with Gasteiger partial charge in [0.05, 0.1) is 19.1 Å². The van der Waals surface area contributed by atoms with Gasteiger partial charge in [-0.05, 0) is 54.6 Å². The molecule has 0 saturated carbocycles. The molecule has 1 heterocycles. The van der Waals surface area contributed by atoms with Crippen molar-refractivity contribution in [3.05, 3.63) is 59.7 Å². The summed E-state index contributed by atoms with van der Waals surface area (Å²) in [7, 11) is 0. The fraction of sp³-hybridized carbons (Fsp3) is 0.417. The number of ether oxygens (including phenoxy) is 1. The third-order valence-electron chi connectivity index (χ3n) is 5.50. The molecule has 1 saturated heterocycles. The van der Waals surface area contributed by atoms with Crippen molar-refractivity contribution in [1.29, 1.82) is 0 Å². The van der Waals surface area contributed by atoms with E-state index in [2.05, 4.69) is 24.1 Å². The number of para-hydroxylation sites is 1. The molecule has 160 valence electrons. The molecule has 2 aromatic carbocycles. The number of anilines is 1. The lowest BCUT2D eigenvalue weighted by Crippen LogP contribution is -2.39. The molecule has 1 fully saturated rings. The number of nitrogens with two attached hydrogens (primary N) is 1.